The lowest BCUT2D eigenvalue weighted by atomic mass is 9.91. The molecule has 5 rings (SSSR count). The Labute approximate surface area is 373 Å². The Morgan fingerprint density at radius 2 is 1.52 bits per heavy atom. The zero-order valence-corrected chi connectivity index (χ0v) is 38.8. The Hall–Kier alpha value is -5.02. The number of hydrogen-bond donors (Lipinski definition) is 1. The number of carbonyl (C=O) groups is 4. The molecule has 63 heavy (non-hydrogen) atoms. The number of likely N-dealkylation sites (tertiary alicyclic amines) is 2. The maximum absolute atomic E-state index is 13.9. The molecule has 3 heterocycles. The van der Waals surface area contributed by atoms with Crippen LogP contribution in [0.1, 0.15) is 115 Å². The second-order valence-corrected chi connectivity index (χ2v) is 20.3. The number of aromatic nitrogens is 1. The van der Waals surface area contributed by atoms with Gasteiger partial charge in [-0.15, -0.1) is 0 Å². The highest BCUT2D eigenvalue weighted by atomic mass is 32.2. The van der Waals surface area contributed by atoms with E-state index in [1.807, 2.05) is 52.0 Å². The maximum Gasteiger partial charge on any atom is 0.410 e. The number of aryl methyl sites for hydroxylation is 3. The molecular formula is C48H66N4O10S. The molecule has 2 saturated heterocycles. The number of pyridine rings is 1. The summed E-state index contributed by atoms with van der Waals surface area (Å²) in [6, 6.07) is 15.2. The number of piperidine rings is 2. The Morgan fingerprint density at radius 1 is 0.825 bits per heavy atom. The molecule has 2 aliphatic heterocycles. The Balaban J connectivity index is 1.14. The zero-order chi connectivity index (χ0) is 45.8. The smallest absolute Gasteiger partial charge is 0.410 e. The van der Waals surface area contributed by atoms with Gasteiger partial charge in [-0.3, -0.25) is 23.6 Å². The molecule has 0 bridgehead atoms. The van der Waals surface area contributed by atoms with Crippen LogP contribution in [0.2, 0.25) is 0 Å². The fourth-order valence-electron chi connectivity index (χ4n) is 7.72. The van der Waals surface area contributed by atoms with E-state index < -0.39 is 39.2 Å². The number of amides is 3. The van der Waals surface area contributed by atoms with Gasteiger partial charge in [0.25, 0.3) is 10.1 Å². The van der Waals surface area contributed by atoms with E-state index in [9.17, 15) is 27.6 Å². The van der Waals surface area contributed by atoms with E-state index in [0.717, 1.165) is 36.0 Å². The first-order valence-corrected chi connectivity index (χ1v) is 23.5. The first-order valence-electron chi connectivity index (χ1n) is 22.1. The molecule has 344 valence electrons. The Morgan fingerprint density at radius 3 is 2.22 bits per heavy atom. The first-order chi connectivity index (χ1) is 29.7. The molecule has 3 amide bonds. The molecule has 2 atom stereocenters. The van der Waals surface area contributed by atoms with Gasteiger partial charge in [0, 0.05) is 45.0 Å². The SMILES string of the molecule is Cc1ccc(S(=O)(=O)OCCOc2cccc(CCc3cncc(C(CC(=O)OC(C)(C)C)NC(=O)[C@@H]4CCCN(C(=O)CCC5CCN(C(=O)OC(C)(C)C)CC5)C4)c3)c2)cc1. The number of rotatable bonds is 17. The van der Waals surface area contributed by atoms with Crippen molar-refractivity contribution in [2.45, 2.75) is 128 Å². The van der Waals surface area contributed by atoms with Crippen LogP contribution in [0.15, 0.2) is 71.9 Å². The highest BCUT2D eigenvalue weighted by Crippen LogP contribution is 2.27. The number of hydrogen-bond acceptors (Lipinski definition) is 11. The van der Waals surface area contributed by atoms with Gasteiger partial charge in [0.1, 0.15) is 30.2 Å². The molecule has 2 aromatic carbocycles. The number of ether oxygens (including phenoxy) is 3. The third-order valence-electron chi connectivity index (χ3n) is 11.0. The number of esters is 1. The van der Waals surface area contributed by atoms with Crippen molar-refractivity contribution in [1.29, 1.82) is 0 Å². The van der Waals surface area contributed by atoms with Crippen LogP contribution in [-0.2, 0) is 51.0 Å². The molecule has 3 aromatic rings. The molecule has 1 aromatic heterocycles. The molecule has 15 heteroatoms. The van der Waals surface area contributed by atoms with Gasteiger partial charge in [0.2, 0.25) is 11.8 Å². The predicted molar refractivity (Wildman–Crippen MR) is 238 cm³/mol. The maximum atomic E-state index is 13.9. The van der Waals surface area contributed by atoms with Crippen molar-refractivity contribution in [3.8, 4) is 5.75 Å². The quantitative estimate of drug-likeness (QED) is 0.0808. The highest BCUT2D eigenvalue weighted by molar-refractivity contribution is 7.86. The predicted octanol–water partition coefficient (Wildman–Crippen LogP) is 7.51. The van der Waals surface area contributed by atoms with Crippen molar-refractivity contribution in [1.82, 2.24) is 20.1 Å². The second kappa shape index (κ2) is 22.1. The van der Waals surface area contributed by atoms with Crippen molar-refractivity contribution < 1.29 is 46.0 Å². The van der Waals surface area contributed by atoms with Crippen molar-refractivity contribution >= 4 is 34.0 Å². The van der Waals surface area contributed by atoms with Gasteiger partial charge < -0.3 is 29.3 Å². The monoisotopic (exact) mass is 890 g/mol. The Bertz CT molecular complexity index is 2120. The van der Waals surface area contributed by atoms with Gasteiger partial charge in [0.05, 0.1) is 23.3 Å². The van der Waals surface area contributed by atoms with Crippen LogP contribution in [0, 0.1) is 18.8 Å². The van der Waals surface area contributed by atoms with Crippen molar-refractivity contribution in [3.63, 3.8) is 0 Å². The van der Waals surface area contributed by atoms with E-state index in [1.54, 1.807) is 61.2 Å². The van der Waals surface area contributed by atoms with E-state index in [2.05, 4.69) is 10.3 Å². The van der Waals surface area contributed by atoms with E-state index >= 15 is 0 Å². The number of nitrogens with one attached hydrogen (secondary N) is 1. The number of benzene rings is 2. The normalized spacial score (nSPS) is 16.8. The van der Waals surface area contributed by atoms with E-state index in [4.69, 9.17) is 18.4 Å². The van der Waals surface area contributed by atoms with Crippen LogP contribution >= 0.6 is 0 Å². The summed E-state index contributed by atoms with van der Waals surface area (Å²) in [4.78, 5) is 61.1. The van der Waals surface area contributed by atoms with E-state index in [1.165, 1.54) is 12.1 Å². The molecular weight excluding hydrogens is 825 g/mol. The van der Waals surface area contributed by atoms with Crippen LogP contribution in [0.5, 0.6) is 5.75 Å². The average molecular weight is 891 g/mol. The van der Waals surface area contributed by atoms with E-state index in [-0.39, 0.29) is 42.4 Å². The van der Waals surface area contributed by atoms with Crippen molar-refractivity contribution in [2.24, 2.45) is 11.8 Å². The topological polar surface area (TPSA) is 171 Å². The van der Waals surface area contributed by atoms with Crippen LogP contribution in [0.25, 0.3) is 0 Å². The summed E-state index contributed by atoms with van der Waals surface area (Å²) in [7, 11) is -3.89. The van der Waals surface area contributed by atoms with Crippen LogP contribution in [-0.4, -0.2) is 97.7 Å². The molecule has 1 N–H and O–H groups in total. The standard InChI is InChI=1S/C48H66N4O10S/c1-34-13-18-41(19-14-34)63(57,58)60-27-26-59-40-12-8-10-36(29-40)15-16-37-28-39(32-49-31-37)42(30-44(54)61-47(2,3)4)50-45(55)38-11-9-23-52(33-38)43(53)20-17-35-21-24-51(25-22-35)46(56)62-48(5,6)7/h8,10,12-14,18-19,28-29,31-32,35,38,42H,9,11,15-17,20-27,30,33H2,1-7H3,(H,50,55)/t38-,42?/m1/s1. The third-order valence-corrected chi connectivity index (χ3v) is 12.3. The lowest BCUT2D eigenvalue weighted by Gasteiger charge is -2.35. The molecule has 0 radical (unpaired) electrons. The van der Waals surface area contributed by atoms with Gasteiger partial charge in [-0.25, -0.2) is 4.79 Å². The minimum absolute atomic E-state index is 0.0275. The van der Waals surface area contributed by atoms with Crippen LogP contribution in [0.3, 0.4) is 0 Å². The lowest BCUT2D eigenvalue weighted by molar-refractivity contribution is -0.155. The van der Waals surface area contributed by atoms with Gasteiger partial charge in [0.15, 0.2) is 0 Å². The van der Waals surface area contributed by atoms with Crippen LogP contribution in [0.4, 0.5) is 4.79 Å². The molecule has 0 spiro atoms. The summed E-state index contributed by atoms with van der Waals surface area (Å²) in [5, 5.41) is 3.12. The lowest BCUT2D eigenvalue weighted by Crippen LogP contribution is -2.46. The first kappa shape index (κ1) is 49.0. The average Bonchev–Trinajstić information content (AvgIpc) is 3.22. The summed E-state index contributed by atoms with van der Waals surface area (Å²) < 4.78 is 47.2. The highest BCUT2D eigenvalue weighted by Gasteiger charge is 2.32. The zero-order valence-electron chi connectivity index (χ0n) is 38.0. The molecule has 0 saturated carbocycles. The molecule has 2 aliphatic rings. The summed E-state index contributed by atoms with van der Waals surface area (Å²) >= 11 is 0. The third kappa shape index (κ3) is 16.2. The fourth-order valence-corrected chi connectivity index (χ4v) is 8.61. The van der Waals surface area contributed by atoms with Gasteiger partial charge in [-0.1, -0.05) is 35.9 Å². The van der Waals surface area contributed by atoms with Crippen molar-refractivity contribution in [3.05, 3.63) is 89.2 Å². The van der Waals surface area contributed by atoms with Gasteiger partial charge in [-0.05, 0) is 140 Å². The molecule has 2 fully saturated rings. The largest absolute Gasteiger partial charge is 0.491 e. The fraction of sp³-hybridized carbons (Fsp3) is 0.562. The van der Waals surface area contributed by atoms with Gasteiger partial charge in [-0.2, -0.15) is 8.42 Å². The molecule has 1 unspecified atom stereocenters. The van der Waals surface area contributed by atoms with Crippen molar-refractivity contribution in [2.75, 3.05) is 39.4 Å². The van der Waals surface area contributed by atoms with Gasteiger partial charge >= 0.3 is 12.1 Å². The summed E-state index contributed by atoms with van der Waals surface area (Å²) in [6.45, 7) is 14.9. The minimum Gasteiger partial charge on any atom is -0.491 e. The summed E-state index contributed by atoms with van der Waals surface area (Å²) in [5.74, 6) is -0.169. The van der Waals surface area contributed by atoms with E-state index in [0.29, 0.717) is 75.5 Å². The minimum atomic E-state index is -3.89. The second-order valence-electron chi connectivity index (χ2n) is 18.7. The van der Waals surface area contributed by atoms with Crippen LogP contribution < -0.4 is 10.1 Å². The number of nitrogens with zero attached hydrogens (tertiary/aromatic N) is 3. The molecule has 14 nitrogen and oxygen atoms in total. The molecule has 0 aliphatic carbocycles. The summed E-state index contributed by atoms with van der Waals surface area (Å²) in [5.41, 5.74) is 2.26. The Kier molecular flexibility index (Phi) is 17.2. The summed E-state index contributed by atoms with van der Waals surface area (Å²) in [6.07, 6.45) is 8.35. The number of carbonyl (C=O) groups excluding carboxylic acids is 4.